The fraction of sp³-hybridized carbons (Fsp3) is 0.400. The number of hydrogen-bond acceptors (Lipinski definition) is 1. The molecule has 1 rings (SSSR count). The van der Waals surface area contributed by atoms with Gasteiger partial charge in [-0.1, -0.05) is 15.9 Å². The second kappa shape index (κ2) is 4.73. The van der Waals surface area contributed by atoms with Crippen molar-refractivity contribution < 1.29 is 8.78 Å². The third-order valence-corrected chi connectivity index (χ3v) is 2.54. The Bertz CT molecular complexity index is 324. The quantitative estimate of drug-likeness (QED) is 0.754. The van der Waals surface area contributed by atoms with Crippen molar-refractivity contribution in [1.29, 1.82) is 0 Å². The average molecular weight is 264 g/mol. The van der Waals surface area contributed by atoms with Gasteiger partial charge in [0.2, 0.25) is 0 Å². The molecule has 0 aromatic heterocycles. The van der Waals surface area contributed by atoms with Gasteiger partial charge in [0.05, 0.1) is 5.69 Å². The van der Waals surface area contributed by atoms with Gasteiger partial charge in [0, 0.05) is 17.6 Å². The maximum absolute atomic E-state index is 13.4. The van der Waals surface area contributed by atoms with Crippen LogP contribution >= 0.6 is 15.9 Å². The molecule has 0 fully saturated rings. The van der Waals surface area contributed by atoms with Crippen molar-refractivity contribution >= 4 is 21.6 Å². The first kappa shape index (κ1) is 11.4. The summed E-state index contributed by atoms with van der Waals surface area (Å²) >= 11 is 3.14. The first-order valence-corrected chi connectivity index (χ1v) is 5.28. The molecule has 4 heteroatoms. The Balaban J connectivity index is 3.18. The Morgan fingerprint density at radius 3 is 2.29 bits per heavy atom. The van der Waals surface area contributed by atoms with E-state index in [9.17, 15) is 8.78 Å². The first-order valence-electron chi connectivity index (χ1n) is 4.49. The second-order valence-corrected chi connectivity index (χ2v) is 3.81. The first-order chi connectivity index (χ1) is 6.60. The minimum Gasteiger partial charge on any atom is -0.370 e. The van der Waals surface area contributed by atoms with E-state index in [1.807, 2.05) is 13.8 Å². The molecule has 0 unspecified atom stereocenters. The summed E-state index contributed by atoms with van der Waals surface area (Å²) in [6.07, 6.45) is 0. The molecule has 0 aliphatic carbocycles. The van der Waals surface area contributed by atoms with Gasteiger partial charge in [-0.05, 0) is 26.0 Å². The number of hydrogen-bond donors (Lipinski definition) is 0. The van der Waals surface area contributed by atoms with Gasteiger partial charge in [-0.2, -0.15) is 0 Å². The Kier molecular flexibility index (Phi) is 3.86. The molecule has 0 radical (unpaired) electrons. The Labute approximate surface area is 90.8 Å². The zero-order chi connectivity index (χ0) is 10.7. The van der Waals surface area contributed by atoms with E-state index in [0.717, 1.165) is 6.07 Å². The minimum atomic E-state index is -0.818. The van der Waals surface area contributed by atoms with E-state index in [4.69, 9.17) is 0 Å². The normalized spacial score (nSPS) is 10.4. The number of anilines is 1. The number of benzene rings is 1. The summed E-state index contributed by atoms with van der Waals surface area (Å²) in [5.74, 6) is -1.60. The SMILES string of the molecule is CCN(CC)c1cc(Br)cc(F)c1F. The van der Waals surface area contributed by atoms with Gasteiger partial charge in [-0.25, -0.2) is 8.78 Å². The third kappa shape index (κ3) is 2.23. The molecule has 0 saturated heterocycles. The van der Waals surface area contributed by atoms with Crippen molar-refractivity contribution in [1.82, 2.24) is 0 Å². The summed E-state index contributed by atoms with van der Waals surface area (Å²) in [7, 11) is 0. The highest BCUT2D eigenvalue weighted by Crippen LogP contribution is 2.26. The molecule has 0 aliphatic heterocycles. The van der Waals surface area contributed by atoms with Gasteiger partial charge in [-0.3, -0.25) is 0 Å². The molecule has 0 heterocycles. The molecule has 1 nitrogen and oxygen atoms in total. The van der Waals surface area contributed by atoms with Crippen LogP contribution in [-0.2, 0) is 0 Å². The largest absolute Gasteiger partial charge is 0.370 e. The van der Waals surface area contributed by atoms with Gasteiger partial charge in [0.25, 0.3) is 0 Å². The molecule has 0 atom stereocenters. The predicted octanol–water partition coefficient (Wildman–Crippen LogP) is 3.57. The summed E-state index contributed by atoms with van der Waals surface area (Å²) in [5.41, 5.74) is 0.307. The fourth-order valence-corrected chi connectivity index (χ4v) is 1.75. The van der Waals surface area contributed by atoms with Gasteiger partial charge >= 0.3 is 0 Å². The van der Waals surface area contributed by atoms with Crippen LogP contribution in [0.2, 0.25) is 0 Å². The van der Waals surface area contributed by atoms with Gasteiger partial charge < -0.3 is 4.90 Å². The van der Waals surface area contributed by atoms with Crippen LogP contribution in [0.25, 0.3) is 0 Å². The summed E-state index contributed by atoms with van der Waals surface area (Å²) < 4.78 is 27.0. The third-order valence-electron chi connectivity index (χ3n) is 2.08. The molecule has 0 saturated carbocycles. The minimum absolute atomic E-state index is 0.307. The summed E-state index contributed by atoms with van der Waals surface area (Å²) in [5, 5.41) is 0. The molecule has 0 aliphatic rings. The van der Waals surface area contributed by atoms with Crippen molar-refractivity contribution in [3.8, 4) is 0 Å². The maximum atomic E-state index is 13.4. The molecule has 1 aromatic carbocycles. The van der Waals surface area contributed by atoms with Crippen LogP contribution in [0, 0.1) is 11.6 Å². The van der Waals surface area contributed by atoms with E-state index < -0.39 is 11.6 Å². The molecule has 0 spiro atoms. The standard InChI is InChI=1S/C10H12BrF2N/c1-3-14(4-2)9-6-7(11)5-8(12)10(9)13/h5-6H,3-4H2,1-2H3. The average Bonchev–Trinajstić information content (AvgIpc) is 2.15. The van der Waals surface area contributed by atoms with Crippen LogP contribution in [0.1, 0.15) is 13.8 Å². The molecular weight excluding hydrogens is 252 g/mol. The lowest BCUT2D eigenvalue weighted by atomic mass is 10.2. The van der Waals surface area contributed by atoms with Gasteiger partial charge in [-0.15, -0.1) is 0 Å². The van der Waals surface area contributed by atoms with Crippen LogP contribution in [0.5, 0.6) is 0 Å². The van der Waals surface area contributed by atoms with Crippen molar-refractivity contribution in [3.05, 3.63) is 28.2 Å². The topological polar surface area (TPSA) is 3.24 Å². The predicted molar refractivity (Wildman–Crippen MR) is 57.6 cm³/mol. The lowest BCUT2D eigenvalue weighted by Gasteiger charge is -2.21. The number of rotatable bonds is 3. The zero-order valence-corrected chi connectivity index (χ0v) is 9.74. The van der Waals surface area contributed by atoms with E-state index in [2.05, 4.69) is 15.9 Å². The summed E-state index contributed by atoms with van der Waals surface area (Å²) in [4.78, 5) is 1.77. The lowest BCUT2D eigenvalue weighted by Crippen LogP contribution is -2.23. The van der Waals surface area contributed by atoms with E-state index in [1.54, 1.807) is 11.0 Å². The van der Waals surface area contributed by atoms with E-state index >= 15 is 0 Å². The molecular formula is C10H12BrF2N. The van der Waals surface area contributed by atoms with Crippen LogP contribution in [-0.4, -0.2) is 13.1 Å². The van der Waals surface area contributed by atoms with Gasteiger partial charge in [0.15, 0.2) is 11.6 Å². The van der Waals surface area contributed by atoms with E-state index in [-0.39, 0.29) is 0 Å². The van der Waals surface area contributed by atoms with E-state index in [0.29, 0.717) is 23.2 Å². The van der Waals surface area contributed by atoms with Gasteiger partial charge in [0.1, 0.15) is 0 Å². The molecule has 1 aromatic rings. The Hall–Kier alpha value is -0.640. The molecule has 78 valence electrons. The van der Waals surface area contributed by atoms with Crippen LogP contribution in [0.15, 0.2) is 16.6 Å². The zero-order valence-electron chi connectivity index (χ0n) is 8.15. The molecule has 0 N–H and O–H groups in total. The van der Waals surface area contributed by atoms with Crippen molar-refractivity contribution in [3.63, 3.8) is 0 Å². The maximum Gasteiger partial charge on any atom is 0.182 e. The van der Waals surface area contributed by atoms with Crippen LogP contribution in [0.4, 0.5) is 14.5 Å². The smallest absolute Gasteiger partial charge is 0.182 e. The van der Waals surface area contributed by atoms with E-state index in [1.165, 1.54) is 0 Å². The van der Waals surface area contributed by atoms with Crippen molar-refractivity contribution in [2.24, 2.45) is 0 Å². The Morgan fingerprint density at radius 2 is 1.79 bits per heavy atom. The molecule has 0 amide bonds. The van der Waals surface area contributed by atoms with Crippen molar-refractivity contribution in [2.45, 2.75) is 13.8 Å². The number of nitrogens with zero attached hydrogens (tertiary/aromatic N) is 1. The molecule has 14 heavy (non-hydrogen) atoms. The second-order valence-electron chi connectivity index (χ2n) is 2.89. The fourth-order valence-electron chi connectivity index (χ4n) is 1.34. The Morgan fingerprint density at radius 1 is 1.21 bits per heavy atom. The highest BCUT2D eigenvalue weighted by molar-refractivity contribution is 9.10. The summed E-state index contributed by atoms with van der Waals surface area (Å²) in [6, 6.07) is 2.72. The lowest BCUT2D eigenvalue weighted by molar-refractivity contribution is 0.506. The number of halogens is 3. The summed E-state index contributed by atoms with van der Waals surface area (Å²) in [6.45, 7) is 5.12. The van der Waals surface area contributed by atoms with Crippen molar-refractivity contribution in [2.75, 3.05) is 18.0 Å². The van der Waals surface area contributed by atoms with Crippen LogP contribution in [0.3, 0.4) is 0 Å². The monoisotopic (exact) mass is 263 g/mol. The van der Waals surface area contributed by atoms with Crippen LogP contribution < -0.4 is 4.90 Å². The highest BCUT2D eigenvalue weighted by Gasteiger charge is 2.13. The molecule has 0 bridgehead atoms. The highest BCUT2D eigenvalue weighted by atomic mass is 79.9.